The first-order valence-electron chi connectivity index (χ1n) is 15.4. The van der Waals surface area contributed by atoms with Gasteiger partial charge in [-0.25, -0.2) is 23.1 Å². The van der Waals surface area contributed by atoms with Crippen LogP contribution in [0, 0.1) is 4.77 Å². The molecule has 5 rings (SSSR count). The number of carbonyl (C=O) groups excluding carboxylic acids is 2. The zero-order chi connectivity index (χ0) is 35.6. The Kier molecular flexibility index (Phi) is 10.2. The number of esters is 2. The van der Waals surface area contributed by atoms with Gasteiger partial charge in [0.2, 0.25) is 10.0 Å². The van der Waals surface area contributed by atoms with Crippen molar-refractivity contribution in [1.82, 2.24) is 14.0 Å². The number of nitrogens with two attached hydrogens (primary N) is 1. The Morgan fingerprint density at radius 1 is 0.857 bits per heavy atom. The maximum absolute atomic E-state index is 13.9. The summed E-state index contributed by atoms with van der Waals surface area (Å²) in [4.78, 5) is 43.1. The summed E-state index contributed by atoms with van der Waals surface area (Å²) in [5.74, 6) is -1.42. The quantitative estimate of drug-likeness (QED) is 0.178. The van der Waals surface area contributed by atoms with Crippen LogP contribution in [0.2, 0.25) is 0 Å². The Labute approximate surface area is 288 Å². The monoisotopic (exact) mass is 704 g/mol. The van der Waals surface area contributed by atoms with E-state index in [1.807, 2.05) is 0 Å². The standard InChI is InChI=1S/C35H36N4O8S2/c1-6-46-33(41)29-21(3)37(22(4)30(34(42)47-7-2)31(29)23-12-16-25(45-5)17-13-23)20-38-28-11-9-8-10-27(28)32(40)39(35(38)48)24-14-18-26(19-15-24)49(36,43)44/h8-19,31H,6-7,20H2,1-5H3,(H2,36,43,44). The van der Waals surface area contributed by atoms with Crippen molar-refractivity contribution in [3.8, 4) is 11.4 Å². The number of hydrogen-bond acceptors (Lipinski definition) is 10. The Bertz CT molecular complexity index is 2190. The van der Waals surface area contributed by atoms with Crippen LogP contribution in [-0.2, 0) is 35.8 Å². The van der Waals surface area contributed by atoms with Crippen LogP contribution in [0.3, 0.4) is 0 Å². The molecule has 3 aromatic carbocycles. The topological polar surface area (TPSA) is 152 Å². The van der Waals surface area contributed by atoms with Crippen LogP contribution in [0.5, 0.6) is 5.75 Å². The maximum Gasteiger partial charge on any atom is 0.336 e. The molecule has 14 heteroatoms. The van der Waals surface area contributed by atoms with Crippen LogP contribution >= 0.6 is 12.2 Å². The van der Waals surface area contributed by atoms with E-state index in [1.165, 1.54) is 28.8 Å². The lowest BCUT2D eigenvalue weighted by atomic mass is 9.79. The van der Waals surface area contributed by atoms with Crippen molar-refractivity contribution < 1.29 is 32.2 Å². The van der Waals surface area contributed by atoms with Crippen molar-refractivity contribution in [3.63, 3.8) is 0 Å². The second-order valence-electron chi connectivity index (χ2n) is 11.1. The first-order chi connectivity index (χ1) is 23.3. The Morgan fingerprint density at radius 2 is 1.41 bits per heavy atom. The van der Waals surface area contributed by atoms with E-state index in [1.54, 1.807) is 92.8 Å². The molecule has 0 spiro atoms. The van der Waals surface area contributed by atoms with E-state index in [0.717, 1.165) is 0 Å². The van der Waals surface area contributed by atoms with Gasteiger partial charge < -0.3 is 19.1 Å². The summed E-state index contributed by atoms with van der Waals surface area (Å²) < 4.78 is 43.3. The fourth-order valence-corrected chi connectivity index (χ4v) is 6.87. The molecule has 0 atom stereocenters. The van der Waals surface area contributed by atoms with E-state index in [2.05, 4.69) is 0 Å². The maximum atomic E-state index is 13.9. The van der Waals surface area contributed by atoms with E-state index < -0.39 is 33.4 Å². The number of rotatable bonds is 10. The smallest absolute Gasteiger partial charge is 0.336 e. The number of benzene rings is 3. The minimum atomic E-state index is -3.97. The van der Waals surface area contributed by atoms with Gasteiger partial charge in [0.25, 0.3) is 5.56 Å². The number of para-hydroxylation sites is 1. The van der Waals surface area contributed by atoms with Crippen molar-refractivity contribution in [3.05, 3.63) is 116 Å². The molecule has 0 amide bonds. The molecule has 0 radical (unpaired) electrons. The van der Waals surface area contributed by atoms with Gasteiger partial charge in [0.05, 0.1) is 58.9 Å². The number of methoxy groups -OCH3 is 1. The number of sulfonamides is 1. The van der Waals surface area contributed by atoms with Crippen molar-refractivity contribution in [2.45, 2.75) is 45.2 Å². The second-order valence-corrected chi connectivity index (χ2v) is 13.0. The summed E-state index contributed by atoms with van der Waals surface area (Å²) in [7, 11) is -2.43. The van der Waals surface area contributed by atoms with Gasteiger partial charge in [0.1, 0.15) is 12.4 Å². The van der Waals surface area contributed by atoms with Crippen LogP contribution < -0.4 is 15.4 Å². The number of fused-ring (bicyclic) bond motifs is 1. The molecule has 0 saturated carbocycles. The second kappa shape index (κ2) is 14.2. The Hall–Kier alpha value is -5.05. The lowest BCUT2D eigenvalue weighted by Gasteiger charge is -2.38. The molecule has 1 aromatic heterocycles. The number of carbonyl (C=O) groups is 2. The number of nitrogens with zero attached hydrogens (tertiary/aromatic N) is 3. The number of ether oxygens (including phenoxy) is 3. The highest BCUT2D eigenvalue weighted by molar-refractivity contribution is 7.89. The van der Waals surface area contributed by atoms with Gasteiger partial charge in [-0.05, 0) is 94.0 Å². The van der Waals surface area contributed by atoms with Gasteiger partial charge in [0, 0.05) is 11.4 Å². The van der Waals surface area contributed by atoms with Gasteiger partial charge in [0.15, 0.2) is 4.77 Å². The first-order valence-corrected chi connectivity index (χ1v) is 17.3. The molecule has 0 saturated heterocycles. The lowest BCUT2D eigenvalue weighted by molar-refractivity contribution is -0.139. The molecule has 2 N–H and O–H groups in total. The van der Waals surface area contributed by atoms with Gasteiger partial charge >= 0.3 is 11.9 Å². The summed E-state index contributed by atoms with van der Waals surface area (Å²) in [6.45, 7) is 7.13. The zero-order valence-corrected chi connectivity index (χ0v) is 29.3. The van der Waals surface area contributed by atoms with Crippen LogP contribution in [0.4, 0.5) is 0 Å². The summed E-state index contributed by atoms with van der Waals surface area (Å²) in [6, 6.07) is 19.5. The predicted molar refractivity (Wildman–Crippen MR) is 186 cm³/mol. The molecule has 1 aliphatic rings. The fourth-order valence-electron chi connectivity index (χ4n) is 6.01. The van der Waals surface area contributed by atoms with Gasteiger partial charge in [-0.1, -0.05) is 24.3 Å². The Morgan fingerprint density at radius 3 is 1.92 bits per heavy atom. The molecule has 4 aromatic rings. The fraction of sp³-hybridized carbons (Fsp3) is 0.257. The predicted octanol–water partition coefficient (Wildman–Crippen LogP) is 4.91. The zero-order valence-electron chi connectivity index (χ0n) is 27.6. The van der Waals surface area contributed by atoms with Gasteiger partial charge in [-0.3, -0.25) is 13.9 Å². The highest BCUT2D eigenvalue weighted by Gasteiger charge is 2.41. The van der Waals surface area contributed by atoms with Crippen LogP contribution in [0.25, 0.3) is 16.6 Å². The van der Waals surface area contributed by atoms with Crippen molar-refractivity contribution in [2.24, 2.45) is 5.14 Å². The van der Waals surface area contributed by atoms with Crippen LogP contribution in [0.15, 0.2) is 105 Å². The Balaban J connectivity index is 1.77. The van der Waals surface area contributed by atoms with E-state index >= 15 is 0 Å². The summed E-state index contributed by atoms with van der Waals surface area (Å²) in [5, 5.41) is 5.62. The van der Waals surface area contributed by atoms with E-state index in [4.69, 9.17) is 31.6 Å². The molecule has 12 nitrogen and oxygen atoms in total. The van der Waals surface area contributed by atoms with Crippen molar-refractivity contribution >= 4 is 45.1 Å². The molecule has 0 fully saturated rings. The van der Waals surface area contributed by atoms with Crippen LogP contribution in [0.1, 0.15) is 39.2 Å². The van der Waals surface area contributed by atoms with Crippen molar-refractivity contribution in [2.75, 3.05) is 20.3 Å². The SMILES string of the molecule is CCOC(=O)C1=C(C)N(Cn2c(=S)n(-c3ccc(S(N)(=O)=O)cc3)c(=O)c3ccccc32)C(C)=C(C(=O)OCC)C1c1ccc(OC)cc1. The average molecular weight is 705 g/mol. The van der Waals surface area contributed by atoms with Crippen molar-refractivity contribution in [1.29, 1.82) is 0 Å². The molecule has 0 bridgehead atoms. The average Bonchev–Trinajstić information content (AvgIpc) is 3.07. The number of allylic oxidation sites excluding steroid dienone is 2. The van der Waals surface area contributed by atoms with Gasteiger partial charge in [-0.15, -0.1) is 0 Å². The molecule has 2 heterocycles. The third-order valence-corrected chi connectivity index (χ3v) is 9.70. The van der Waals surface area contributed by atoms with Gasteiger partial charge in [-0.2, -0.15) is 0 Å². The molecule has 0 aliphatic carbocycles. The minimum absolute atomic E-state index is 0.0201. The lowest BCUT2D eigenvalue weighted by Crippen LogP contribution is -2.37. The minimum Gasteiger partial charge on any atom is -0.497 e. The summed E-state index contributed by atoms with van der Waals surface area (Å²) in [5.41, 5.74) is 2.55. The third-order valence-electron chi connectivity index (χ3n) is 8.36. The number of primary sulfonamides is 1. The molecular weight excluding hydrogens is 669 g/mol. The summed E-state index contributed by atoms with van der Waals surface area (Å²) in [6.07, 6.45) is 0. The highest BCUT2D eigenvalue weighted by atomic mass is 32.2. The first kappa shape index (κ1) is 35.3. The molecule has 49 heavy (non-hydrogen) atoms. The molecular formula is C35H36N4O8S2. The normalized spacial score (nSPS) is 14.0. The van der Waals surface area contributed by atoms with E-state index in [0.29, 0.717) is 39.3 Å². The highest BCUT2D eigenvalue weighted by Crippen LogP contribution is 2.43. The third kappa shape index (κ3) is 6.67. The van der Waals surface area contributed by atoms with E-state index in [9.17, 15) is 22.8 Å². The van der Waals surface area contributed by atoms with Crippen LogP contribution in [-0.4, -0.2) is 54.7 Å². The summed E-state index contributed by atoms with van der Waals surface area (Å²) >= 11 is 5.94. The largest absolute Gasteiger partial charge is 0.497 e. The molecule has 1 aliphatic heterocycles. The number of hydrogen-bond donors (Lipinski definition) is 1. The molecule has 0 unspecified atom stereocenters. The molecule has 256 valence electrons. The number of aromatic nitrogens is 2. The van der Waals surface area contributed by atoms with E-state index in [-0.39, 0.29) is 40.7 Å².